The van der Waals surface area contributed by atoms with E-state index in [1.807, 2.05) is 4.90 Å². The van der Waals surface area contributed by atoms with Crippen molar-refractivity contribution >= 4 is 5.91 Å². The van der Waals surface area contributed by atoms with Crippen LogP contribution in [0.1, 0.15) is 45.4 Å². The zero-order valence-electron chi connectivity index (χ0n) is 10.3. The van der Waals surface area contributed by atoms with Gasteiger partial charge in [0.05, 0.1) is 0 Å². The number of amides is 1. The molecule has 1 aliphatic heterocycles. The molecule has 1 heterocycles. The van der Waals surface area contributed by atoms with Crippen molar-refractivity contribution in [1.29, 1.82) is 0 Å². The molecule has 2 N–H and O–H groups in total. The highest BCUT2D eigenvalue weighted by Gasteiger charge is 2.32. The minimum Gasteiger partial charge on any atom is -0.342 e. The fourth-order valence-corrected chi connectivity index (χ4v) is 2.72. The van der Waals surface area contributed by atoms with Crippen LogP contribution in [-0.2, 0) is 4.79 Å². The van der Waals surface area contributed by atoms with Gasteiger partial charge in [-0.05, 0) is 37.5 Å². The molecule has 2 atom stereocenters. The first-order chi connectivity index (χ1) is 7.70. The molecule has 3 nitrogen and oxygen atoms in total. The summed E-state index contributed by atoms with van der Waals surface area (Å²) in [5.41, 5.74) is 5.99. The number of likely N-dealkylation sites (tertiary alicyclic amines) is 1. The monoisotopic (exact) mass is 224 g/mol. The minimum atomic E-state index is 0.123. The van der Waals surface area contributed by atoms with Crippen molar-refractivity contribution in [3.8, 4) is 0 Å². The SMILES string of the molecule is CCCC1CCN(C(=O)CC(N)C2CC2)C1. The summed E-state index contributed by atoms with van der Waals surface area (Å²) in [5.74, 6) is 1.67. The Morgan fingerprint density at radius 3 is 2.81 bits per heavy atom. The van der Waals surface area contributed by atoms with Gasteiger partial charge in [0.15, 0.2) is 0 Å². The molecule has 1 amide bonds. The third kappa shape index (κ3) is 2.97. The lowest BCUT2D eigenvalue weighted by molar-refractivity contribution is -0.130. The van der Waals surface area contributed by atoms with Gasteiger partial charge in [0, 0.05) is 25.6 Å². The zero-order chi connectivity index (χ0) is 11.5. The molecule has 3 heteroatoms. The van der Waals surface area contributed by atoms with Crippen LogP contribution in [0.2, 0.25) is 0 Å². The Kier molecular flexibility index (Phi) is 3.85. The van der Waals surface area contributed by atoms with Crippen LogP contribution >= 0.6 is 0 Å². The molecule has 2 rings (SSSR count). The molecule has 2 fully saturated rings. The summed E-state index contributed by atoms with van der Waals surface area (Å²) in [5, 5.41) is 0. The molecule has 2 aliphatic rings. The van der Waals surface area contributed by atoms with Crippen molar-refractivity contribution < 1.29 is 4.79 Å². The zero-order valence-corrected chi connectivity index (χ0v) is 10.3. The van der Waals surface area contributed by atoms with Crippen LogP contribution in [0.25, 0.3) is 0 Å². The van der Waals surface area contributed by atoms with Crippen molar-refractivity contribution in [2.45, 2.75) is 51.5 Å². The van der Waals surface area contributed by atoms with Gasteiger partial charge in [-0.2, -0.15) is 0 Å². The summed E-state index contributed by atoms with van der Waals surface area (Å²) in [6.07, 6.45) is 6.72. The molecule has 1 saturated heterocycles. The van der Waals surface area contributed by atoms with Gasteiger partial charge in [-0.25, -0.2) is 0 Å². The third-order valence-electron chi connectivity index (χ3n) is 3.97. The van der Waals surface area contributed by atoms with E-state index in [1.54, 1.807) is 0 Å². The van der Waals surface area contributed by atoms with Gasteiger partial charge < -0.3 is 10.6 Å². The predicted octanol–water partition coefficient (Wildman–Crippen LogP) is 1.76. The first-order valence-corrected chi connectivity index (χ1v) is 6.74. The molecule has 1 saturated carbocycles. The van der Waals surface area contributed by atoms with Crippen LogP contribution in [0.15, 0.2) is 0 Å². The highest BCUT2D eigenvalue weighted by molar-refractivity contribution is 5.77. The van der Waals surface area contributed by atoms with Gasteiger partial charge in [0.25, 0.3) is 0 Å². The average Bonchev–Trinajstić information content (AvgIpc) is 3.00. The van der Waals surface area contributed by atoms with Gasteiger partial charge in [-0.3, -0.25) is 4.79 Å². The lowest BCUT2D eigenvalue weighted by Crippen LogP contribution is -2.35. The third-order valence-corrected chi connectivity index (χ3v) is 3.97. The van der Waals surface area contributed by atoms with E-state index in [0.717, 1.165) is 19.0 Å². The largest absolute Gasteiger partial charge is 0.342 e. The predicted molar refractivity (Wildman–Crippen MR) is 64.9 cm³/mol. The maximum atomic E-state index is 12.0. The van der Waals surface area contributed by atoms with Crippen molar-refractivity contribution in [1.82, 2.24) is 4.90 Å². The number of hydrogen-bond donors (Lipinski definition) is 1. The smallest absolute Gasteiger partial charge is 0.224 e. The summed E-state index contributed by atoms with van der Waals surface area (Å²) >= 11 is 0. The van der Waals surface area contributed by atoms with Crippen LogP contribution < -0.4 is 5.73 Å². The van der Waals surface area contributed by atoms with Crippen LogP contribution in [0, 0.1) is 11.8 Å². The fourth-order valence-electron chi connectivity index (χ4n) is 2.72. The van der Waals surface area contributed by atoms with Gasteiger partial charge >= 0.3 is 0 Å². The van der Waals surface area contributed by atoms with E-state index in [0.29, 0.717) is 12.3 Å². The quantitative estimate of drug-likeness (QED) is 0.773. The van der Waals surface area contributed by atoms with Crippen molar-refractivity contribution in [3.05, 3.63) is 0 Å². The average molecular weight is 224 g/mol. The number of hydrogen-bond acceptors (Lipinski definition) is 2. The van der Waals surface area contributed by atoms with E-state index < -0.39 is 0 Å². The maximum Gasteiger partial charge on any atom is 0.224 e. The fraction of sp³-hybridized carbons (Fsp3) is 0.923. The molecule has 0 aromatic rings. The number of carbonyl (C=O) groups is 1. The summed E-state index contributed by atoms with van der Waals surface area (Å²) < 4.78 is 0. The molecule has 2 unspecified atom stereocenters. The Hall–Kier alpha value is -0.570. The minimum absolute atomic E-state index is 0.123. The van der Waals surface area contributed by atoms with Gasteiger partial charge in [0.2, 0.25) is 5.91 Å². The normalized spacial score (nSPS) is 27.1. The van der Waals surface area contributed by atoms with Crippen molar-refractivity contribution in [2.24, 2.45) is 17.6 Å². The standard InChI is InChI=1S/C13H24N2O/c1-2-3-10-6-7-15(9-10)13(16)8-12(14)11-4-5-11/h10-12H,2-9,14H2,1H3. The highest BCUT2D eigenvalue weighted by atomic mass is 16.2. The first kappa shape index (κ1) is 11.9. The van der Waals surface area contributed by atoms with Gasteiger partial charge in [-0.1, -0.05) is 13.3 Å². The van der Waals surface area contributed by atoms with Crippen LogP contribution in [-0.4, -0.2) is 29.9 Å². The summed E-state index contributed by atoms with van der Waals surface area (Å²) in [4.78, 5) is 14.0. The Morgan fingerprint density at radius 2 is 2.19 bits per heavy atom. The van der Waals surface area contributed by atoms with E-state index in [2.05, 4.69) is 6.92 Å². The first-order valence-electron chi connectivity index (χ1n) is 6.74. The second-order valence-corrected chi connectivity index (χ2v) is 5.49. The summed E-state index contributed by atoms with van der Waals surface area (Å²) in [6, 6.07) is 0.123. The Morgan fingerprint density at radius 1 is 1.44 bits per heavy atom. The molecular weight excluding hydrogens is 200 g/mol. The number of nitrogens with two attached hydrogens (primary N) is 1. The Labute approximate surface area is 98.4 Å². The number of carbonyl (C=O) groups excluding carboxylic acids is 1. The van der Waals surface area contributed by atoms with E-state index >= 15 is 0 Å². The molecule has 0 radical (unpaired) electrons. The molecule has 92 valence electrons. The van der Waals surface area contributed by atoms with Gasteiger partial charge in [0.1, 0.15) is 0 Å². The van der Waals surface area contributed by atoms with E-state index in [4.69, 9.17) is 5.73 Å². The van der Waals surface area contributed by atoms with Crippen LogP contribution in [0.5, 0.6) is 0 Å². The summed E-state index contributed by atoms with van der Waals surface area (Å²) in [7, 11) is 0. The molecule has 16 heavy (non-hydrogen) atoms. The topological polar surface area (TPSA) is 46.3 Å². The number of rotatable bonds is 5. The van der Waals surface area contributed by atoms with Crippen LogP contribution in [0.3, 0.4) is 0 Å². The molecule has 0 bridgehead atoms. The second kappa shape index (κ2) is 5.17. The van der Waals surface area contributed by atoms with E-state index in [1.165, 1.54) is 32.1 Å². The van der Waals surface area contributed by atoms with E-state index in [-0.39, 0.29) is 11.9 Å². The second-order valence-electron chi connectivity index (χ2n) is 5.49. The molecule has 0 aromatic heterocycles. The van der Waals surface area contributed by atoms with E-state index in [9.17, 15) is 4.79 Å². The summed E-state index contributed by atoms with van der Waals surface area (Å²) in [6.45, 7) is 4.15. The Bertz CT molecular complexity index is 250. The van der Waals surface area contributed by atoms with Crippen LogP contribution in [0.4, 0.5) is 0 Å². The molecule has 0 aromatic carbocycles. The molecular formula is C13H24N2O. The number of nitrogens with zero attached hydrogens (tertiary/aromatic N) is 1. The van der Waals surface area contributed by atoms with Crippen molar-refractivity contribution in [3.63, 3.8) is 0 Å². The Balaban J connectivity index is 1.73. The van der Waals surface area contributed by atoms with Gasteiger partial charge in [-0.15, -0.1) is 0 Å². The lowest BCUT2D eigenvalue weighted by atomic mass is 10.0. The van der Waals surface area contributed by atoms with Crippen molar-refractivity contribution in [2.75, 3.05) is 13.1 Å². The lowest BCUT2D eigenvalue weighted by Gasteiger charge is -2.19. The molecule has 0 spiro atoms. The molecule has 1 aliphatic carbocycles. The highest BCUT2D eigenvalue weighted by Crippen LogP contribution is 2.33. The maximum absolute atomic E-state index is 12.0.